The molecule has 0 saturated heterocycles. The quantitative estimate of drug-likeness (QED) is 0.827. The third-order valence-corrected chi connectivity index (χ3v) is 4.24. The molecule has 0 fully saturated rings. The van der Waals surface area contributed by atoms with Crippen molar-refractivity contribution in [1.29, 1.82) is 0 Å². The number of hydrogen-bond acceptors (Lipinski definition) is 4. The van der Waals surface area contributed by atoms with Gasteiger partial charge in [-0.25, -0.2) is 9.78 Å². The zero-order chi connectivity index (χ0) is 16.8. The molecule has 6 heteroatoms. The first-order chi connectivity index (χ1) is 11.0. The normalized spacial score (nSPS) is 12.2. The van der Waals surface area contributed by atoms with Gasteiger partial charge in [0.2, 0.25) is 5.91 Å². The summed E-state index contributed by atoms with van der Waals surface area (Å²) in [6.07, 6.45) is 2.97. The van der Waals surface area contributed by atoms with Crippen LogP contribution in [0.1, 0.15) is 32.4 Å². The van der Waals surface area contributed by atoms with Crippen molar-refractivity contribution in [2.45, 2.75) is 43.5 Å². The minimum atomic E-state index is -0.426. The lowest BCUT2D eigenvalue weighted by atomic mass is 10.1. The van der Waals surface area contributed by atoms with Crippen molar-refractivity contribution in [2.24, 2.45) is 0 Å². The minimum Gasteiger partial charge on any atom is -0.348 e. The van der Waals surface area contributed by atoms with Crippen LogP contribution in [0.25, 0.3) is 0 Å². The Morgan fingerprint density at radius 1 is 1.26 bits per heavy atom. The van der Waals surface area contributed by atoms with E-state index in [0.717, 1.165) is 5.56 Å². The molecule has 1 heterocycles. The fraction of sp³-hybridized carbons (Fsp3) is 0.353. The molecule has 1 N–H and O–H groups in total. The summed E-state index contributed by atoms with van der Waals surface area (Å²) in [5.74, 6) is -0.215. The molecule has 5 nitrogen and oxygen atoms in total. The molecular formula is C17H21N3O2S. The van der Waals surface area contributed by atoms with Gasteiger partial charge < -0.3 is 5.32 Å². The number of nitrogens with one attached hydrogen (secondary N) is 1. The summed E-state index contributed by atoms with van der Waals surface area (Å²) in [5, 5.41) is 3.44. The molecule has 0 aliphatic rings. The first kappa shape index (κ1) is 17.3. The number of aromatic nitrogens is 2. The van der Waals surface area contributed by atoms with E-state index in [1.54, 1.807) is 24.0 Å². The van der Waals surface area contributed by atoms with Gasteiger partial charge in [0.05, 0.1) is 6.04 Å². The zero-order valence-corrected chi connectivity index (χ0v) is 14.3. The molecule has 0 aliphatic heterocycles. The van der Waals surface area contributed by atoms with Crippen LogP contribution in [0.3, 0.4) is 0 Å². The Labute approximate surface area is 140 Å². The molecule has 0 aliphatic carbocycles. The lowest BCUT2D eigenvalue weighted by Gasteiger charge is -2.15. The third kappa shape index (κ3) is 5.25. The van der Waals surface area contributed by atoms with Crippen LogP contribution >= 0.6 is 11.8 Å². The van der Waals surface area contributed by atoms with Crippen LogP contribution in [0, 0.1) is 0 Å². The summed E-state index contributed by atoms with van der Waals surface area (Å²) < 4.78 is 1.28. The standard InChI is InChI=1S/C17H21N3O2S/c1-12(2)23-15-7-5-14(6-8-15)13(3)19-16(21)11-20-10-4-9-18-17(20)22/h4-10,12-13H,11H2,1-3H3,(H,19,21)/t13-/m1/s1. The van der Waals surface area contributed by atoms with E-state index in [0.29, 0.717) is 5.25 Å². The minimum absolute atomic E-state index is 0.0295. The molecule has 0 radical (unpaired) electrons. The predicted molar refractivity (Wildman–Crippen MR) is 92.5 cm³/mol. The maximum atomic E-state index is 12.1. The van der Waals surface area contributed by atoms with E-state index >= 15 is 0 Å². The fourth-order valence-corrected chi connectivity index (χ4v) is 2.98. The smallest absolute Gasteiger partial charge is 0.347 e. The number of benzene rings is 1. The predicted octanol–water partition coefficient (Wildman–Crippen LogP) is 2.62. The molecule has 1 atom stereocenters. The third-order valence-electron chi connectivity index (χ3n) is 3.23. The molecule has 2 aromatic rings. The maximum absolute atomic E-state index is 12.1. The Morgan fingerprint density at radius 2 is 1.96 bits per heavy atom. The van der Waals surface area contributed by atoms with Gasteiger partial charge in [0.15, 0.2) is 0 Å². The molecule has 0 unspecified atom stereocenters. The van der Waals surface area contributed by atoms with Crippen LogP contribution in [-0.4, -0.2) is 20.7 Å². The van der Waals surface area contributed by atoms with Gasteiger partial charge in [0.25, 0.3) is 0 Å². The highest BCUT2D eigenvalue weighted by atomic mass is 32.2. The topological polar surface area (TPSA) is 64.0 Å². The number of nitrogens with zero attached hydrogens (tertiary/aromatic N) is 2. The van der Waals surface area contributed by atoms with E-state index in [4.69, 9.17) is 0 Å². The van der Waals surface area contributed by atoms with Crippen molar-refractivity contribution < 1.29 is 4.79 Å². The highest BCUT2D eigenvalue weighted by Gasteiger charge is 2.11. The van der Waals surface area contributed by atoms with Crippen molar-refractivity contribution in [3.05, 3.63) is 58.8 Å². The Balaban J connectivity index is 1.95. The van der Waals surface area contributed by atoms with Gasteiger partial charge in [-0.15, -0.1) is 11.8 Å². The molecule has 2 rings (SSSR count). The van der Waals surface area contributed by atoms with Crippen LogP contribution in [0.2, 0.25) is 0 Å². The number of carbonyl (C=O) groups is 1. The monoisotopic (exact) mass is 331 g/mol. The highest BCUT2D eigenvalue weighted by molar-refractivity contribution is 7.99. The average Bonchev–Trinajstić information content (AvgIpc) is 2.49. The average molecular weight is 331 g/mol. The molecular weight excluding hydrogens is 310 g/mol. The summed E-state index contributed by atoms with van der Waals surface area (Å²) >= 11 is 1.80. The summed E-state index contributed by atoms with van der Waals surface area (Å²) in [7, 11) is 0. The van der Waals surface area contributed by atoms with Crippen LogP contribution < -0.4 is 11.0 Å². The van der Waals surface area contributed by atoms with Gasteiger partial charge in [0.1, 0.15) is 6.54 Å². The van der Waals surface area contributed by atoms with E-state index in [-0.39, 0.29) is 18.5 Å². The van der Waals surface area contributed by atoms with Crippen molar-refractivity contribution in [1.82, 2.24) is 14.9 Å². The number of thioether (sulfide) groups is 1. The molecule has 23 heavy (non-hydrogen) atoms. The van der Waals surface area contributed by atoms with Crippen molar-refractivity contribution >= 4 is 17.7 Å². The largest absolute Gasteiger partial charge is 0.348 e. The van der Waals surface area contributed by atoms with Crippen molar-refractivity contribution in [3.8, 4) is 0 Å². The van der Waals surface area contributed by atoms with E-state index in [1.807, 2.05) is 19.1 Å². The van der Waals surface area contributed by atoms with Crippen molar-refractivity contribution in [3.63, 3.8) is 0 Å². The number of carbonyl (C=O) groups excluding carboxylic acids is 1. The molecule has 1 aromatic carbocycles. The second-order valence-corrected chi connectivity index (χ2v) is 7.20. The lowest BCUT2D eigenvalue weighted by molar-refractivity contribution is -0.122. The van der Waals surface area contributed by atoms with Gasteiger partial charge in [0, 0.05) is 22.5 Å². The van der Waals surface area contributed by atoms with E-state index < -0.39 is 5.69 Å². The van der Waals surface area contributed by atoms with Crippen LogP contribution in [0.5, 0.6) is 0 Å². The summed E-state index contributed by atoms with van der Waals surface area (Å²) in [6, 6.07) is 9.68. The summed E-state index contributed by atoms with van der Waals surface area (Å²) in [5.41, 5.74) is 0.607. The molecule has 122 valence electrons. The van der Waals surface area contributed by atoms with Gasteiger partial charge >= 0.3 is 5.69 Å². The van der Waals surface area contributed by atoms with Crippen molar-refractivity contribution in [2.75, 3.05) is 0 Å². The summed E-state index contributed by atoms with van der Waals surface area (Å²) in [6.45, 7) is 6.20. The summed E-state index contributed by atoms with van der Waals surface area (Å²) in [4.78, 5) is 28.4. The fourth-order valence-electron chi connectivity index (χ4n) is 2.14. The van der Waals surface area contributed by atoms with Gasteiger partial charge in [-0.3, -0.25) is 9.36 Å². The molecule has 1 amide bonds. The van der Waals surface area contributed by atoms with E-state index in [2.05, 4.69) is 36.3 Å². The van der Waals surface area contributed by atoms with Crippen LogP contribution in [0.4, 0.5) is 0 Å². The maximum Gasteiger partial charge on any atom is 0.347 e. The van der Waals surface area contributed by atoms with E-state index in [1.165, 1.54) is 15.7 Å². The Hall–Kier alpha value is -2.08. The number of amides is 1. The van der Waals surface area contributed by atoms with Gasteiger partial charge in [-0.2, -0.15) is 0 Å². The molecule has 0 bridgehead atoms. The van der Waals surface area contributed by atoms with Gasteiger partial charge in [-0.05, 0) is 30.7 Å². The number of rotatable bonds is 6. The molecule has 0 saturated carbocycles. The first-order valence-electron chi connectivity index (χ1n) is 7.53. The SMILES string of the molecule is CC(C)Sc1ccc([C@@H](C)NC(=O)Cn2cccnc2=O)cc1. The second kappa shape index (κ2) is 7.97. The first-order valence-corrected chi connectivity index (χ1v) is 8.41. The Morgan fingerprint density at radius 3 is 2.57 bits per heavy atom. The highest BCUT2D eigenvalue weighted by Crippen LogP contribution is 2.24. The zero-order valence-electron chi connectivity index (χ0n) is 13.5. The van der Waals surface area contributed by atoms with E-state index in [9.17, 15) is 9.59 Å². The molecule has 1 aromatic heterocycles. The van der Waals surface area contributed by atoms with Crippen LogP contribution in [-0.2, 0) is 11.3 Å². The lowest BCUT2D eigenvalue weighted by Crippen LogP contribution is -2.34. The second-order valence-electron chi connectivity index (χ2n) is 5.56. The van der Waals surface area contributed by atoms with Gasteiger partial charge in [-0.1, -0.05) is 26.0 Å². The molecule has 0 spiro atoms. The Bertz CT molecular complexity index is 710. The van der Waals surface area contributed by atoms with Crippen LogP contribution in [0.15, 0.2) is 52.4 Å². The number of hydrogen-bond donors (Lipinski definition) is 1. The Kier molecular flexibility index (Phi) is 5.98.